The summed E-state index contributed by atoms with van der Waals surface area (Å²) in [7, 11) is 1.58. The summed E-state index contributed by atoms with van der Waals surface area (Å²) in [5, 5.41) is 0. The van der Waals surface area contributed by atoms with E-state index in [0.29, 0.717) is 43.5 Å². The fraction of sp³-hybridized carbons (Fsp3) is 0.625. The molecule has 2 aliphatic rings. The third kappa shape index (κ3) is 3.83. The lowest BCUT2D eigenvalue weighted by atomic mass is 10.0. The van der Waals surface area contributed by atoms with Crippen LogP contribution in [0.4, 0.5) is 24.5 Å². The largest absolute Gasteiger partial charge is 0.495 e. The number of rotatable bonds is 4. The van der Waals surface area contributed by atoms with Crippen molar-refractivity contribution in [3.05, 3.63) is 17.7 Å². The van der Waals surface area contributed by atoms with Crippen molar-refractivity contribution in [2.75, 3.05) is 50.5 Å². The molecule has 0 amide bonds. The van der Waals surface area contributed by atoms with E-state index in [0.717, 1.165) is 18.5 Å². The highest BCUT2D eigenvalue weighted by Gasteiger charge is 2.34. The second-order valence-corrected chi connectivity index (χ2v) is 6.31. The van der Waals surface area contributed by atoms with Crippen molar-refractivity contribution in [1.29, 1.82) is 0 Å². The third-order valence-corrected chi connectivity index (χ3v) is 4.51. The van der Waals surface area contributed by atoms with Gasteiger partial charge in [0.05, 0.1) is 19.3 Å². The van der Waals surface area contributed by atoms with Crippen LogP contribution in [-0.4, -0.2) is 50.9 Å². The van der Waals surface area contributed by atoms with E-state index in [2.05, 4.69) is 4.90 Å². The summed E-state index contributed by atoms with van der Waals surface area (Å²) in [4.78, 5) is 3.62. The number of nitrogens with two attached hydrogens (primary N) is 1. The van der Waals surface area contributed by atoms with E-state index in [1.807, 2.05) is 12.1 Å². The summed E-state index contributed by atoms with van der Waals surface area (Å²) in [6.45, 7) is 1.17. The summed E-state index contributed by atoms with van der Waals surface area (Å²) >= 11 is 0. The molecule has 2 fully saturated rings. The Morgan fingerprint density at radius 2 is 1.83 bits per heavy atom. The van der Waals surface area contributed by atoms with E-state index in [1.165, 1.54) is 10.5 Å². The summed E-state index contributed by atoms with van der Waals surface area (Å²) < 4.78 is 42.8. The minimum absolute atomic E-state index is 0.413. The van der Waals surface area contributed by atoms with Gasteiger partial charge in [0.25, 0.3) is 0 Å². The van der Waals surface area contributed by atoms with Gasteiger partial charge >= 0.3 is 6.18 Å². The molecule has 1 heterocycles. The minimum atomic E-state index is -4.13. The van der Waals surface area contributed by atoms with Crippen molar-refractivity contribution >= 4 is 11.4 Å². The standard InChI is InChI=1S/C16H22F3N3O/c1-23-15-9-14(12(8-13(15)20)11-2-3-11)22-6-4-21(5-7-22)10-16(17,18)19/h8-9,11H,2-7,10,20H2,1H3. The van der Waals surface area contributed by atoms with Gasteiger partial charge in [-0.2, -0.15) is 13.2 Å². The average Bonchev–Trinajstić information content (AvgIpc) is 3.31. The second kappa shape index (κ2) is 6.11. The Bertz CT molecular complexity index is 564. The number of alkyl halides is 3. The Hall–Kier alpha value is -1.63. The SMILES string of the molecule is COc1cc(N2CCN(CC(F)(F)F)CC2)c(C2CC2)cc1N. The first-order valence-corrected chi connectivity index (χ1v) is 7.89. The lowest BCUT2D eigenvalue weighted by Gasteiger charge is -2.37. The molecular formula is C16H22F3N3O. The quantitative estimate of drug-likeness (QED) is 0.863. The lowest BCUT2D eigenvalue weighted by molar-refractivity contribution is -0.146. The molecule has 0 atom stereocenters. The molecule has 1 saturated heterocycles. The molecule has 1 saturated carbocycles. The van der Waals surface area contributed by atoms with Gasteiger partial charge in [0.15, 0.2) is 0 Å². The van der Waals surface area contributed by atoms with Crippen LogP contribution >= 0.6 is 0 Å². The number of methoxy groups -OCH3 is 1. The van der Waals surface area contributed by atoms with Crippen LogP contribution in [0.15, 0.2) is 12.1 Å². The van der Waals surface area contributed by atoms with Gasteiger partial charge in [-0.1, -0.05) is 0 Å². The van der Waals surface area contributed by atoms with Crippen molar-refractivity contribution in [2.45, 2.75) is 24.9 Å². The lowest BCUT2D eigenvalue weighted by Crippen LogP contribution is -2.49. The van der Waals surface area contributed by atoms with Gasteiger partial charge < -0.3 is 15.4 Å². The zero-order valence-electron chi connectivity index (χ0n) is 13.2. The molecule has 1 aliphatic carbocycles. The molecule has 0 aromatic heterocycles. The number of hydrogen-bond acceptors (Lipinski definition) is 4. The molecule has 1 aromatic rings. The van der Waals surface area contributed by atoms with Crippen LogP contribution in [-0.2, 0) is 0 Å². The summed E-state index contributed by atoms with van der Waals surface area (Å²) in [6.07, 6.45) is -1.84. The van der Waals surface area contributed by atoms with Crippen molar-refractivity contribution in [2.24, 2.45) is 0 Å². The van der Waals surface area contributed by atoms with Crippen LogP contribution in [0.2, 0.25) is 0 Å². The van der Waals surface area contributed by atoms with Crippen LogP contribution in [0.5, 0.6) is 5.75 Å². The number of halogens is 3. The first kappa shape index (κ1) is 16.2. The molecule has 0 spiro atoms. The van der Waals surface area contributed by atoms with Crippen LogP contribution in [0.25, 0.3) is 0 Å². The molecule has 128 valence electrons. The molecule has 3 rings (SSSR count). The van der Waals surface area contributed by atoms with Crippen LogP contribution in [0, 0.1) is 0 Å². The molecular weight excluding hydrogens is 307 g/mol. The highest BCUT2D eigenvalue weighted by atomic mass is 19.4. The minimum Gasteiger partial charge on any atom is -0.495 e. The van der Waals surface area contributed by atoms with Gasteiger partial charge in [-0.3, -0.25) is 4.90 Å². The number of nitrogen functional groups attached to an aromatic ring is 1. The molecule has 1 aliphatic heterocycles. The molecule has 4 nitrogen and oxygen atoms in total. The van der Waals surface area contributed by atoms with E-state index in [-0.39, 0.29) is 0 Å². The van der Waals surface area contributed by atoms with Crippen LogP contribution in [0.3, 0.4) is 0 Å². The summed E-state index contributed by atoms with van der Waals surface area (Å²) in [5.74, 6) is 1.15. The van der Waals surface area contributed by atoms with Crippen molar-refractivity contribution in [1.82, 2.24) is 4.90 Å². The smallest absolute Gasteiger partial charge is 0.401 e. The van der Waals surface area contributed by atoms with Crippen LogP contribution in [0.1, 0.15) is 24.3 Å². The van der Waals surface area contributed by atoms with Gasteiger partial charge in [-0.15, -0.1) is 0 Å². The second-order valence-electron chi connectivity index (χ2n) is 6.31. The number of piperazine rings is 1. The number of anilines is 2. The van der Waals surface area contributed by atoms with E-state index >= 15 is 0 Å². The topological polar surface area (TPSA) is 41.7 Å². The number of nitrogens with zero attached hydrogens (tertiary/aromatic N) is 2. The Morgan fingerprint density at radius 1 is 1.17 bits per heavy atom. The van der Waals surface area contributed by atoms with Gasteiger partial charge in [0.2, 0.25) is 0 Å². The maximum absolute atomic E-state index is 12.5. The van der Waals surface area contributed by atoms with Gasteiger partial charge in [-0.05, 0) is 30.4 Å². The van der Waals surface area contributed by atoms with Crippen molar-refractivity contribution in [3.8, 4) is 5.75 Å². The molecule has 2 N–H and O–H groups in total. The monoisotopic (exact) mass is 329 g/mol. The fourth-order valence-corrected chi connectivity index (χ4v) is 3.18. The highest BCUT2D eigenvalue weighted by Crippen LogP contribution is 2.47. The van der Waals surface area contributed by atoms with E-state index in [1.54, 1.807) is 7.11 Å². The van der Waals surface area contributed by atoms with Gasteiger partial charge in [0, 0.05) is 37.9 Å². The average molecular weight is 329 g/mol. The predicted octanol–water partition coefficient (Wildman–Crippen LogP) is 2.84. The van der Waals surface area contributed by atoms with Crippen LogP contribution < -0.4 is 15.4 Å². The van der Waals surface area contributed by atoms with Crippen molar-refractivity contribution in [3.63, 3.8) is 0 Å². The zero-order valence-corrected chi connectivity index (χ0v) is 13.2. The number of ether oxygens (including phenoxy) is 1. The summed E-state index contributed by atoms with van der Waals surface area (Å²) in [5.41, 5.74) is 8.89. The third-order valence-electron chi connectivity index (χ3n) is 4.51. The molecule has 0 bridgehead atoms. The number of benzene rings is 1. The Balaban J connectivity index is 1.75. The van der Waals surface area contributed by atoms with Crippen molar-refractivity contribution < 1.29 is 17.9 Å². The summed E-state index contributed by atoms with van der Waals surface area (Å²) in [6, 6.07) is 3.90. The zero-order chi connectivity index (χ0) is 16.6. The predicted molar refractivity (Wildman–Crippen MR) is 84.1 cm³/mol. The van der Waals surface area contributed by atoms with Gasteiger partial charge in [-0.25, -0.2) is 0 Å². The first-order chi connectivity index (χ1) is 10.9. The van der Waals surface area contributed by atoms with E-state index < -0.39 is 12.7 Å². The molecule has 7 heteroatoms. The molecule has 1 aromatic carbocycles. The molecule has 0 unspecified atom stereocenters. The Morgan fingerprint density at radius 3 is 2.35 bits per heavy atom. The number of hydrogen-bond donors (Lipinski definition) is 1. The molecule has 0 radical (unpaired) electrons. The molecule has 23 heavy (non-hydrogen) atoms. The normalized spacial score (nSPS) is 19.9. The first-order valence-electron chi connectivity index (χ1n) is 7.89. The maximum Gasteiger partial charge on any atom is 0.401 e. The maximum atomic E-state index is 12.5. The Labute approximate surface area is 134 Å². The van der Waals surface area contributed by atoms with Gasteiger partial charge in [0.1, 0.15) is 5.75 Å². The van der Waals surface area contributed by atoms with E-state index in [9.17, 15) is 13.2 Å². The Kier molecular flexibility index (Phi) is 4.31. The fourth-order valence-electron chi connectivity index (χ4n) is 3.18. The van der Waals surface area contributed by atoms with E-state index in [4.69, 9.17) is 10.5 Å². The highest BCUT2D eigenvalue weighted by molar-refractivity contribution is 5.68.